The number of halogens is 1. The maximum atomic E-state index is 13.4. The number of carbonyl (C=O) groups is 1. The highest BCUT2D eigenvalue weighted by molar-refractivity contribution is 5.77. The maximum Gasteiger partial charge on any atom is 0.224 e. The number of aromatic nitrogens is 2. The summed E-state index contributed by atoms with van der Waals surface area (Å²) in [5, 5.41) is 8.42. The van der Waals surface area contributed by atoms with Crippen molar-refractivity contribution in [2.24, 2.45) is 0 Å². The SMILES string of the molecule is CNc1ncc(F)c(NC2CCC(=O)NC2)n1. The first-order valence-corrected chi connectivity index (χ1v) is 5.42. The second-order valence-corrected chi connectivity index (χ2v) is 3.82. The summed E-state index contributed by atoms with van der Waals surface area (Å²) in [6, 6.07) is 0.00167. The Morgan fingerprint density at radius 2 is 2.41 bits per heavy atom. The third-order valence-electron chi connectivity index (χ3n) is 2.57. The number of hydrogen-bond donors (Lipinski definition) is 3. The molecule has 0 radical (unpaired) electrons. The molecule has 1 unspecified atom stereocenters. The molecule has 0 aromatic carbocycles. The summed E-state index contributed by atoms with van der Waals surface area (Å²) in [4.78, 5) is 18.7. The molecular weight excluding hydrogens is 225 g/mol. The number of nitrogens with one attached hydrogen (secondary N) is 3. The van der Waals surface area contributed by atoms with Gasteiger partial charge in [0, 0.05) is 26.1 Å². The Labute approximate surface area is 98.0 Å². The van der Waals surface area contributed by atoms with Gasteiger partial charge in [-0.3, -0.25) is 4.79 Å². The van der Waals surface area contributed by atoms with E-state index in [1.807, 2.05) is 0 Å². The fourth-order valence-corrected chi connectivity index (χ4v) is 1.64. The van der Waals surface area contributed by atoms with Crippen molar-refractivity contribution in [1.29, 1.82) is 0 Å². The molecule has 1 amide bonds. The third kappa shape index (κ3) is 2.80. The predicted octanol–water partition coefficient (Wildman–Crippen LogP) is 0.348. The van der Waals surface area contributed by atoms with Gasteiger partial charge in [0.15, 0.2) is 11.6 Å². The number of amides is 1. The Balaban J connectivity index is 2.04. The molecule has 2 heterocycles. The van der Waals surface area contributed by atoms with Crippen LogP contribution in [0.2, 0.25) is 0 Å². The van der Waals surface area contributed by atoms with Crippen LogP contribution < -0.4 is 16.0 Å². The van der Waals surface area contributed by atoms with Crippen LogP contribution in [0.3, 0.4) is 0 Å². The van der Waals surface area contributed by atoms with Crippen LogP contribution >= 0.6 is 0 Å². The van der Waals surface area contributed by atoms with E-state index >= 15 is 0 Å². The number of anilines is 2. The number of hydrogen-bond acceptors (Lipinski definition) is 5. The monoisotopic (exact) mass is 239 g/mol. The van der Waals surface area contributed by atoms with Gasteiger partial charge in [-0.1, -0.05) is 0 Å². The minimum Gasteiger partial charge on any atom is -0.363 e. The zero-order valence-electron chi connectivity index (χ0n) is 9.46. The summed E-state index contributed by atoms with van der Waals surface area (Å²) >= 11 is 0. The minimum absolute atomic E-state index is 0.00167. The molecule has 0 aliphatic carbocycles. The van der Waals surface area contributed by atoms with Crippen LogP contribution in [0.1, 0.15) is 12.8 Å². The molecule has 0 bridgehead atoms. The van der Waals surface area contributed by atoms with Gasteiger partial charge < -0.3 is 16.0 Å². The first kappa shape index (κ1) is 11.6. The Kier molecular flexibility index (Phi) is 3.36. The summed E-state index contributed by atoms with van der Waals surface area (Å²) in [5.41, 5.74) is 0. The van der Waals surface area contributed by atoms with Crippen molar-refractivity contribution in [2.75, 3.05) is 24.2 Å². The van der Waals surface area contributed by atoms with Crippen molar-refractivity contribution in [3.8, 4) is 0 Å². The first-order chi connectivity index (χ1) is 8.19. The Hall–Kier alpha value is -1.92. The van der Waals surface area contributed by atoms with Gasteiger partial charge in [-0.05, 0) is 6.42 Å². The molecule has 7 heteroatoms. The van der Waals surface area contributed by atoms with Crippen molar-refractivity contribution in [3.63, 3.8) is 0 Å². The van der Waals surface area contributed by atoms with Crippen LogP contribution in [0.25, 0.3) is 0 Å². The second kappa shape index (κ2) is 4.94. The zero-order valence-corrected chi connectivity index (χ0v) is 9.46. The zero-order chi connectivity index (χ0) is 12.3. The molecule has 1 atom stereocenters. The van der Waals surface area contributed by atoms with E-state index in [4.69, 9.17) is 0 Å². The van der Waals surface area contributed by atoms with Crippen LogP contribution in [-0.4, -0.2) is 35.5 Å². The largest absolute Gasteiger partial charge is 0.363 e. The Morgan fingerprint density at radius 3 is 3.06 bits per heavy atom. The highest BCUT2D eigenvalue weighted by Gasteiger charge is 2.19. The van der Waals surface area contributed by atoms with E-state index in [-0.39, 0.29) is 17.8 Å². The van der Waals surface area contributed by atoms with E-state index in [9.17, 15) is 9.18 Å². The average molecular weight is 239 g/mol. The maximum absolute atomic E-state index is 13.4. The van der Waals surface area contributed by atoms with Crippen molar-refractivity contribution in [3.05, 3.63) is 12.0 Å². The molecule has 1 saturated heterocycles. The van der Waals surface area contributed by atoms with Gasteiger partial charge in [-0.25, -0.2) is 9.37 Å². The van der Waals surface area contributed by atoms with Gasteiger partial charge >= 0.3 is 0 Å². The van der Waals surface area contributed by atoms with Gasteiger partial charge in [0.2, 0.25) is 11.9 Å². The fourth-order valence-electron chi connectivity index (χ4n) is 1.64. The van der Waals surface area contributed by atoms with Gasteiger partial charge in [-0.15, -0.1) is 0 Å². The standard InChI is InChI=1S/C10H14FN5O/c1-12-10-14-5-7(11)9(16-10)15-6-2-3-8(17)13-4-6/h5-6H,2-4H2,1H3,(H,13,17)(H2,12,14,15,16). The molecule has 1 aliphatic rings. The van der Waals surface area contributed by atoms with Crippen LogP contribution in [0.5, 0.6) is 0 Å². The highest BCUT2D eigenvalue weighted by Crippen LogP contribution is 2.15. The van der Waals surface area contributed by atoms with Crippen LogP contribution in [0, 0.1) is 5.82 Å². The highest BCUT2D eigenvalue weighted by atomic mass is 19.1. The summed E-state index contributed by atoms with van der Waals surface area (Å²) in [6.07, 6.45) is 2.23. The summed E-state index contributed by atoms with van der Waals surface area (Å²) in [5.74, 6) is 0.0438. The van der Waals surface area contributed by atoms with Gasteiger partial charge in [0.1, 0.15) is 0 Å². The predicted molar refractivity (Wildman–Crippen MR) is 61.2 cm³/mol. The van der Waals surface area contributed by atoms with Gasteiger partial charge in [-0.2, -0.15) is 4.98 Å². The van der Waals surface area contributed by atoms with Crippen molar-refractivity contribution >= 4 is 17.7 Å². The Morgan fingerprint density at radius 1 is 1.59 bits per heavy atom. The van der Waals surface area contributed by atoms with E-state index in [2.05, 4.69) is 25.9 Å². The molecule has 1 fully saturated rings. The molecule has 3 N–H and O–H groups in total. The molecule has 17 heavy (non-hydrogen) atoms. The summed E-state index contributed by atoms with van der Waals surface area (Å²) < 4.78 is 13.4. The van der Waals surface area contributed by atoms with Gasteiger partial charge in [0.05, 0.1) is 6.20 Å². The van der Waals surface area contributed by atoms with Gasteiger partial charge in [0.25, 0.3) is 0 Å². The third-order valence-corrected chi connectivity index (χ3v) is 2.57. The van der Waals surface area contributed by atoms with E-state index in [1.165, 1.54) is 0 Å². The number of carbonyl (C=O) groups excluding carboxylic acids is 1. The van der Waals surface area contributed by atoms with Crippen molar-refractivity contribution < 1.29 is 9.18 Å². The number of piperidine rings is 1. The average Bonchev–Trinajstić information content (AvgIpc) is 2.35. The normalized spacial score (nSPS) is 19.6. The van der Waals surface area contributed by atoms with E-state index in [1.54, 1.807) is 7.05 Å². The molecule has 0 saturated carbocycles. The van der Waals surface area contributed by atoms with E-state index < -0.39 is 5.82 Å². The molecule has 0 spiro atoms. The molecule has 92 valence electrons. The topological polar surface area (TPSA) is 78.9 Å². The molecule has 6 nitrogen and oxygen atoms in total. The molecule has 2 rings (SSSR count). The smallest absolute Gasteiger partial charge is 0.224 e. The number of nitrogens with zero attached hydrogens (tertiary/aromatic N) is 2. The lowest BCUT2D eigenvalue weighted by atomic mass is 10.1. The molecule has 1 aliphatic heterocycles. The number of rotatable bonds is 3. The summed E-state index contributed by atoms with van der Waals surface area (Å²) in [7, 11) is 1.66. The Bertz CT molecular complexity index is 415. The van der Waals surface area contributed by atoms with Crippen molar-refractivity contribution in [2.45, 2.75) is 18.9 Å². The first-order valence-electron chi connectivity index (χ1n) is 5.42. The molecule has 1 aromatic heterocycles. The van der Waals surface area contributed by atoms with Crippen LogP contribution in [0.4, 0.5) is 16.2 Å². The lowest BCUT2D eigenvalue weighted by Crippen LogP contribution is -2.42. The fraction of sp³-hybridized carbons (Fsp3) is 0.500. The molecule has 1 aromatic rings. The quantitative estimate of drug-likeness (QED) is 0.709. The lowest BCUT2D eigenvalue weighted by molar-refractivity contribution is -0.122. The van der Waals surface area contributed by atoms with Crippen molar-refractivity contribution in [1.82, 2.24) is 15.3 Å². The minimum atomic E-state index is -0.499. The lowest BCUT2D eigenvalue weighted by Gasteiger charge is -2.24. The molecular formula is C10H14FN5O. The second-order valence-electron chi connectivity index (χ2n) is 3.82. The summed E-state index contributed by atoms with van der Waals surface area (Å²) in [6.45, 7) is 0.483. The van der Waals surface area contributed by atoms with Crippen LogP contribution in [-0.2, 0) is 4.79 Å². The van der Waals surface area contributed by atoms with E-state index in [0.29, 0.717) is 25.3 Å². The van der Waals surface area contributed by atoms with E-state index in [0.717, 1.165) is 6.20 Å². The van der Waals surface area contributed by atoms with Crippen LogP contribution in [0.15, 0.2) is 6.20 Å².